The molecule has 1 aliphatic heterocycles. The number of hydrogen-bond donors (Lipinski definition) is 3. The van der Waals surface area contributed by atoms with Gasteiger partial charge in [0.2, 0.25) is 6.17 Å². The number of rotatable bonds is 1. The minimum absolute atomic E-state index is 0.110. The number of hydrogen-bond acceptors (Lipinski definition) is 4. The number of thiophene rings is 1. The van der Waals surface area contributed by atoms with Gasteiger partial charge in [-0.05, 0) is 31.2 Å². The SMILES string of the molecule is Cc1ccc([C@H]2N=C(N)Nc3[nH]c4ccccc4[n+]32)s1. The van der Waals surface area contributed by atoms with Gasteiger partial charge in [0.15, 0.2) is 0 Å². The number of guanidine groups is 1. The number of benzene rings is 1. The van der Waals surface area contributed by atoms with Gasteiger partial charge in [-0.2, -0.15) is 9.56 Å². The predicted molar refractivity (Wildman–Crippen MR) is 80.9 cm³/mol. The van der Waals surface area contributed by atoms with Gasteiger partial charge >= 0.3 is 5.95 Å². The van der Waals surface area contributed by atoms with Crippen molar-refractivity contribution in [1.82, 2.24) is 4.98 Å². The number of imidazole rings is 1. The van der Waals surface area contributed by atoms with Crippen LogP contribution < -0.4 is 15.6 Å². The first-order chi connectivity index (χ1) is 9.72. The third-order valence-electron chi connectivity index (χ3n) is 3.43. The quantitative estimate of drug-likeness (QED) is 0.599. The summed E-state index contributed by atoms with van der Waals surface area (Å²) in [6.45, 7) is 2.10. The number of nitrogens with two attached hydrogens (primary N) is 1. The Morgan fingerprint density at radius 1 is 1.25 bits per heavy atom. The van der Waals surface area contributed by atoms with Crippen LogP contribution >= 0.6 is 11.3 Å². The van der Waals surface area contributed by atoms with Crippen LogP contribution in [0.5, 0.6) is 0 Å². The fraction of sp³-hybridized carbons (Fsp3) is 0.143. The van der Waals surface area contributed by atoms with Crippen LogP contribution in [-0.4, -0.2) is 10.9 Å². The lowest BCUT2D eigenvalue weighted by molar-refractivity contribution is -0.673. The van der Waals surface area contributed by atoms with E-state index in [9.17, 15) is 0 Å². The molecule has 0 fully saturated rings. The van der Waals surface area contributed by atoms with Gasteiger partial charge in [0, 0.05) is 4.88 Å². The van der Waals surface area contributed by atoms with Gasteiger partial charge in [0.25, 0.3) is 5.96 Å². The van der Waals surface area contributed by atoms with Crippen LogP contribution in [0.15, 0.2) is 41.4 Å². The molecule has 0 radical (unpaired) electrons. The lowest BCUT2D eigenvalue weighted by Crippen LogP contribution is -2.47. The van der Waals surface area contributed by atoms with Crippen molar-refractivity contribution >= 4 is 34.3 Å². The largest absolute Gasteiger partial charge is 0.365 e. The lowest BCUT2D eigenvalue weighted by atomic mass is 10.3. The molecule has 0 saturated carbocycles. The van der Waals surface area contributed by atoms with E-state index < -0.39 is 0 Å². The number of nitrogens with one attached hydrogen (secondary N) is 2. The third-order valence-corrected chi connectivity index (χ3v) is 4.47. The maximum absolute atomic E-state index is 5.92. The Bertz CT molecular complexity index is 829. The number of aryl methyl sites for hydroxylation is 1. The van der Waals surface area contributed by atoms with Gasteiger partial charge in [0.1, 0.15) is 11.0 Å². The van der Waals surface area contributed by atoms with Crippen LogP contribution in [0, 0.1) is 6.92 Å². The molecule has 0 saturated heterocycles. The molecule has 0 aliphatic carbocycles. The van der Waals surface area contributed by atoms with Crippen molar-refractivity contribution in [2.75, 3.05) is 5.32 Å². The molecule has 4 N–H and O–H groups in total. The molecule has 0 amide bonds. The molecular weight excluding hydrogens is 270 g/mol. The summed E-state index contributed by atoms with van der Waals surface area (Å²) in [6, 6.07) is 12.4. The summed E-state index contributed by atoms with van der Waals surface area (Å²) in [5, 5.41) is 3.10. The van der Waals surface area contributed by atoms with Crippen LogP contribution in [0.3, 0.4) is 0 Å². The average Bonchev–Trinajstić information content (AvgIpc) is 3.00. The minimum Gasteiger partial charge on any atom is -0.357 e. The lowest BCUT2D eigenvalue weighted by Gasteiger charge is -2.16. The van der Waals surface area contributed by atoms with Gasteiger partial charge in [-0.15, -0.1) is 11.3 Å². The van der Waals surface area contributed by atoms with Crippen molar-refractivity contribution in [3.63, 3.8) is 0 Å². The zero-order valence-electron chi connectivity index (χ0n) is 10.9. The number of aromatic amines is 1. The molecule has 4 rings (SSSR count). The topological polar surface area (TPSA) is 70.1 Å². The molecule has 3 aromatic rings. The smallest absolute Gasteiger partial charge is 0.357 e. The minimum atomic E-state index is -0.110. The van der Waals surface area contributed by atoms with Crippen LogP contribution in [0.2, 0.25) is 0 Å². The fourth-order valence-corrected chi connectivity index (χ4v) is 3.48. The number of fused-ring (bicyclic) bond motifs is 3. The van der Waals surface area contributed by atoms with E-state index in [1.807, 2.05) is 12.1 Å². The highest BCUT2D eigenvalue weighted by Gasteiger charge is 2.31. The summed E-state index contributed by atoms with van der Waals surface area (Å²) in [7, 11) is 0. The number of anilines is 1. The molecule has 0 bridgehead atoms. The van der Waals surface area contributed by atoms with E-state index in [2.05, 4.69) is 51.0 Å². The zero-order chi connectivity index (χ0) is 13.7. The number of H-pyrrole nitrogens is 1. The summed E-state index contributed by atoms with van der Waals surface area (Å²) >= 11 is 1.75. The monoisotopic (exact) mass is 284 g/mol. The van der Waals surface area contributed by atoms with Crippen LogP contribution in [0.1, 0.15) is 15.9 Å². The van der Waals surface area contributed by atoms with E-state index in [1.165, 1.54) is 9.75 Å². The van der Waals surface area contributed by atoms with Gasteiger partial charge in [0.05, 0.1) is 4.88 Å². The number of aromatic nitrogens is 2. The Labute approximate surface area is 119 Å². The number of aliphatic imine (C=N–C) groups is 1. The Morgan fingerprint density at radius 3 is 2.90 bits per heavy atom. The summed E-state index contributed by atoms with van der Waals surface area (Å²) in [6.07, 6.45) is -0.110. The van der Waals surface area contributed by atoms with Crippen LogP contribution in [0.25, 0.3) is 11.0 Å². The highest BCUT2D eigenvalue weighted by molar-refractivity contribution is 7.12. The first-order valence-corrected chi connectivity index (χ1v) is 7.23. The summed E-state index contributed by atoms with van der Waals surface area (Å²) in [4.78, 5) is 10.4. The Morgan fingerprint density at radius 2 is 2.10 bits per heavy atom. The van der Waals surface area contributed by atoms with E-state index in [0.717, 1.165) is 17.0 Å². The van der Waals surface area contributed by atoms with Crippen molar-refractivity contribution in [2.45, 2.75) is 13.1 Å². The Balaban J connectivity index is 1.98. The molecule has 100 valence electrons. The first-order valence-electron chi connectivity index (χ1n) is 6.41. The molecule has 0 unspecified atom stereocenters. The molecule has 1 atom stereocenters. The molecule has 5 nitrogen and oxygen atoms in total. The maximum Gasteiger partial charge on any atom is 0.365 e. The van der Waals surface area contributed by atoms with Crippen molar-refractivity contribution in [1.29, 1.82) is 0 Å². The van der Waals surface area contributed by atoms with E-state index in [0.29, 0.717) is 5.96 Å². The number of nitrogens with zero attached hydrogens (tertiary/aromatic N) is 2. The molecule has 0 spiro atoms. The van der Waals surface area contributed by atoms with Gasteiger partial charge in [-0.3, -0.25) is 0 Å². The molecule has 2 aromatic heterocycles. The van der Waals surface area contributed by atoms with Gasteiger partial charge in [-0.1, -0.05) is 12.1 Å². The van der Waals surface area contributed by atoms with Crippen molar-refractivity contribution < 1.29 is 4.57 Å². The van der Waals surface area contributed by atoms with Crippen LogP contribution in [0.4, 0.5) is 5.95 Å². The van der Waals surface area contributed by atoms with E-state index >= 15 is 0 Å². The summed E-state index contributed by atoms with van der Waals surface area (Å²) < 4.78 is 2.15. The van der Waals surface area contributed by atoms with E-state index in [-0.39, 0.29) is 6.17 Å². The molecule has 1 aromatic carbocycles. The van der Waals surface area contributed by atoms with Gasteiger partial charge in [-0.25, -0.2) is 10.3 Å². The predicted octanol–water partition coefficient (Wildman–Crippen LogP) is 2.11. The molecule has 1 aliphatic rings. The van der Waals surface area contributed by atoms with E-state index in [4.69, 9.17) is 5.73 Å². The fourth-order valence-electron chi connectivity index (χ4n) is 2.57. The second kappa shape index (κ2) is 4.08. The molecule has 6 heteroatoms. The average molecular weight is 284 g/mol. The normalized spacial score (nSPS) is 17.6. The highest BCUT2D eigenvalue weighted by Crippen LogP contribution is 2.28. The first kappa shape index (κ1) is 11.5. The van der Waals surface area contributed by atoms with Crippen LogP contribution in [-0.2, 0) is 0 Å². The molecule has 20 heavy (non-hydrogen) atoms. The second-order valence-electron chi connectivity index (χ2n) is 4.82. The summed E-state index contributed by atoms with van der Waals surface area (Å²) in [5.74, 6) is 1.31. The highest BCUT2D eigenvalue weighted by atomic mass is 32.1. The standard InChI is InChI=1S/C14H13N5S/c1-8-6-7-11(20-8)12-17-13(15)18-14-16-9-4-2-3-5-10(9)19(12)14/h2-7,12H,1H3,(H3,15,16,17,18)/p+1/t12-/m0/s1. The van der Waals surface area contributed by atoms with Crippen molar-refractivity contribution in [3.8, 4) is 0 Å². The maximum atomic E-state index is 5.92. The molecular formula is C14H14N5S+. The van der Waals surface area contributed by atoms with Crippen molar-refractivity contribution in [3.05, 3.63) is 46.2 Å². The van der Waals surface area contributed by atoms with Gasteiger partial charge < -0.3 is 5.73 Å². The number of para-hydroxylation sites is 2. The van der Waals surface area contributed by atoms with E-state index in [1.54, 1.807) is 11.3 Å². The zero-order valence-corrected chi connectivity index (χ0v) is 11.7. The Hall–Kier alpha value is -2.34. The third kappa shape index (κ3) is 1.61. The Kier molecular flexibility index (Phi) is 2.34. The molecule has 3 heterocycles. The van der Waals surface area contributed by atoms with Crippen molar-refractivity contribution in [2.24, 2.45) is 10.7 Å². The summed E-state index contributed by atoms with van der Waals surface area (Å²) in [5.41, 5.74) is 8.10. The second-order valence-corrected chi connectivity index (χ2v) is 6.14.